The lowest BCUT2D eigenvalue weighted by Crippen LogP contribution is -2.59. The highest BCUT2D eigenvalue weighted by molar-refractivity contribution is 5.91. The second kappa shape index (κ2) is 6.02. The summed E-state index contributed by atoms with van der Waals surface area (Å²) >= 11 is 0. The van der Waals surface area contributed by atoms with E-state index in [0.29, 0.717) is 13.2 Å². The van der Waals surface area contributed by atoms with Crippen LogP contribution in [-0.2, 0) is 14.3 Å². The van der Waals surface area contributed by atoms with Crippen LogP contribution < -0.4 is 5.32 Å². The van der Waals surface area contributed by atoms with Crippen molar-refractivity contribution >= 4 is 11.8 Å². The van der Waals surface area contributed by atoms with Gasteiger partial charge in [-0.3, -0.25) is 9.59 Å². The highest BCUT2D eigenvalue weighted by atomic mass is 16.5. The van der Waals surface area contributed by atoms with Crippen molar-refractivity contribution in [3.63, 3.8) is 0 Å². The van der Waals surface area contributed by atoms with Gasteiger partial charge in [0, 0.05) is 12.6 Å². The Morgan fingerprint density at radius 1 is 1.47 bits per heavy atom. The number of carbonyl (C=O) groups excluding carboxylic acids is 2. The molecule has 6 nitrogen and oxygen atoms in total. The van der Waals surface area contributed by atoms with Gasteiger partial charge in [-0.1, -0.05) is 0 Å². The summed E-state index contributed by atoms with van der Waals surface area (Å²) in [6.07, 6.45) is 0. The summed E-state index contributed by atoms with van der Waals surface area (Å²) in [5.41, 5.74) is -1.13. The minimum absolute atomic E-state index is 0.00430. The third kappa shape index (κ3) is 3.67. The standard InChI is InChI=1S/C13H21N3O3/c1-9(2)15-11(17)10-7-19-6-5-16(10)12(18)13(3,4)8-14/h9-10H,5-7H2,1-4H3,(H,15,17). The Labute approximate surface area is 113 Å². The van der Waals surface area contributed by atoms with Crippen molar-refractivity contribution in [1.82, 2.24) is 10.2 Å². The molecule has 0 bridgehead atoms. The van der Waals surface area contributed by atoms with Crippen LogP contribution in [-0.4, -0.2) is 48.6 Å². The molecule has 19 heavy (non-hydrogen) atoms. The molecule has 1 rings (SSSR count). The lowest BCUT2D eigenvalue weighted by Gasteiger charge is -2.37. The summed E-state index contributed by atoms with van der Waals surface area (Å²) in [5, 5.41) is 11.8. The van der Waals surface area contributed by atoms with Gasteiger partial charge in [0.1, 0.15) is 11.5 Å². The largest absolute Gasteiger partial charge is 0.377 e. The maximum absolute atomic E-state index is 12.3. The van der Waals surface area contributed by atoms with Crippen molar-refractivity contribution in [2.75, 3.05) is 19.8 Å². The molecule has 1 N–H and O–H groups in total. The van der Waals surface area contributed by atoms with Gasteiger partial charge in [-0.2, -0.15) is 5.26 Å². The first kappa shape index (κ1) is 15.4. The van der Waals surface area contributed by atoms with E-state index >= 15 is 0 Å². The predicted molar refractivity (Wildman–Crippen MR) is 69.0 cm³/mol. The lowest BCUT2D eigenvalue weighted by molar-refractivity contribution is -0.153. The van der Waals surface area contributed by atoms with Crippen LogP contribution in [0.2, 0.25) is 0 Å². The van der Waals surface area contributed by atoms with Gasteiger partial charge < -0.3 is 15.0 Å². The Bertz CT molecular complexity index is 398. The zero-order valence-corrected chi connectivity index (χ0v) is 11.9. The molecule has 0 aliphatic carbocycles. The molecule has 1 fully saturated rings. The Kier molecular flexibility index (Phi) is 4.90. The highest BCUT2D eigenvalue weighted by Crippen LogP contribution is 2.21. The molecule has 0 aromatic rings. The highest BCUT2D eigenvalue weighted by Gasteiger charge is 2.40. The molecule has 0 aromatic carbocycles. The van der Waals surface area contributed by atoms with Crippen LogP contribution in [0, 0.1) is 16.7 Å². The molecule has 1 aliphatic rings. The monoisotopic (exact) mass is 267 g/mol. The molecule has 1 saturated heterocycles. The number of morpholine rings is 1. The molecule has 1 atom stereocenters. The summed E-state index contributed by atoms with van der Waals surface area (Å²) in [4.78, 5) is 25.8. The molecule has 1 unspecified atom stereocenters. The number of ether oxygens (including phenoxy) is 1. The molecular weight excluding hydrogens is 246 g/mol. The molecule has 2 amide bonds. The Morgan fingerprint density at radius 2 is 2.11 bits per heavy atom. The Balaban J connectivity index is 2.87. The topological polar surface area (TPSA) is 82.4 Å². The van der Waals surface area contributed by atoms with Gasteiger partial charge in [0.25, 0.3) is 0 Å². The van der Waals surface area contributed by atoms with E-state index in [0.717, 1.165) is 0 Å². The summed E-state index contributed by atoms with van der Waals surface area (Å²) in [6.45, 7) is 7.72. The molecule has 1 heterocycles. The van der Waals surface area contributed by atoms with Crippen LogP contribution in [0.4, 0.5) is 0 Å². The predicted octanol–water partition coefficient (Wildman–Crippen LogP) is 0.288. The van der Waals surface area contributed by atoms with E-state index in [9.17, 15) is 9.59 Å². The van der Waals surface area contributed by atoms with E-state index in [1.807, 2.05) is 19.9 Å². The summed E-state index contributed by atoms with van der Waals surface area (Å²) in [7, 11) is 0. The number of rotatable bonds is 3. The van der Waals surface area contributed by atoms with Gasteiger partial charge in [0.2, 0.25) is 11.8 Å². The first-order valence-electron chi connectivity index (χ1n) is 6.40. The van der Waals surface area contributed by atoms with E-state index in [4.69, 9.17) is 10.00 Å². The number of nitrogens with zero attached hydrogens (tertiary/aromatic N) is 2. The summed E-state index contributed by atoms with van der Waals surface area (Å²) < 4.78 is 5.27. The van der Waals surface area contributed by atoms with Gasteiger partial charge >= 0.3 is 0 Å². The van der Waals surface area contributed by atoms with Crippen molar-refractivity contribution in [2.45, 2.75) is 39.8 Å². The van der Waals surface area contributed by atoms with E-state index in [-0.39, 0.29) is 24.5 Å². The van der Waals surface area contributed by atoms with Crippen molar-refractivity contribution in [1.29, 1.82) is 5.26 Å². The van der Waals surface area contributed by atoms with Crippen molar-refractivity contribution in [3.8, 4) is 6.07 Å². The zero-order valence-electron chi connectivity index (χ0n) is 11.9. The second-order valence-electron chi connectivity index (χ2n) is 5.49. The fourth-order valence-corrected chi connectivity index (χ4v) is 1.85. The van der Waals surface area contributed by atoms with Crippen LogP contribution in [0.15, 0.2) is 0 Å². The maximum Gasteiger partial charge on any atom is 0.245 e. The third-order valence-electron chi connectivity index (χ3n) is 2.94. The number of amides is 2. The fraction of sp³-hybridized carbons (Fsp3) is 0.769. The lowest BCUT2D eigenvalue weighted by atomic mass is 9.92. The van der Waals surface area contributed by atoms with Gasteiger partial charge in [-0.25, -0.2) is 0 Å². The van der Waals surface area contributed by atoms with Gasteiger partial charge in [0.05, 0.1) is 19.3 Å². The fourth-order valence-electron chi connectivity index (χ4n) is 1.85. The molecule has 1 aliphatic heterocycles. The molecule has 0 aromatic heterocycles. The molecule has 0 radical (unpaired) electrons. The first-order chi connectivity index (χ1) is 8.79. The van der Waals surface area contributed by atoms with E-state index in [1.54, 1.807) is 13.8 Å². The third-order valence-corrected chi connectivity index (χ3v) is 2.94. The normalized spacial score (nSPS) is 20.0. The number of hydrogen-bond acceptors (Lipinski definition) is 4. The van der Waals surface area contributed by atoms with Crippen LogP contribution in [0.25, 0.3) is 0 Å². The number of hydrogen-bond donors (Lipinski definition) is 1. The zero-order chi connectivity index (χ0) is 14.6. The average molecular weight is 267 g/mol. The molecule has 0 saturated carbocycles. The number of carbonyl (C=O) groups is 2. The smallest absolute Gasteiger partial charge is 0.245 e. The quantitative estimate of drug-likeness (QED) is 0.796. The number of nitrogens with one attached hydrogen (secondary N) is 1. The van der Waals surface area contributed by atoms with Crippen LogP contribution in [0.5, 0.6) is 0 Å². The molecular formula is C13H21N3O3. The van der Waals surface area contributed by atoms with E-state index < -0.39 is 11.5 Å². The van der Waals surface area contributed by atoms with Crippen LogP contribution in [0.3, 0.4) is 0 Å². The van der Waals surface area contributed by atoms with E-state index in [2.05, 4.69) is 5.32 Å². The molecule has 106 valence electrons. The van der Waals surface area contributed by atoms with E-state index in [1.165, 1.54) is 4.90 Å². The SMILES string of the molecule is CC(C)NC(=O)C1COCCN1C(=O)C(C)(C)C#N. The van der Waals surface area contributed by atoms with Crippen LogP contribution in [0.1, 0.15) is 27.7 Å². The van der Waals surface area contributed by atoms with Crippen LogP contribution >= 0.6 is 0 Å². The summed E-state index contributed by atoms with van der Waals surface area (Å²) in [5.74, 6) is -0.570. The second-order valence-corrected chi connectivity index (χ2v) is 5.49. The van der Waals surface area contributed by atoms with Gasteiger partial charge in [-0.05, 0) is 27.7 Å². The molecule has 0 spiro atoms. The van der Waals surface area contributed by atoms with Crippen molar-refractivity contribution < 1.29 is 14.3 Å². The van der Waals surface area contributed by atoms with Gasteiger partial charge in [0.15, 0.2) is 0 Å². The molecule has 6 heteroatoms. The average Bonchev–Trinajstić information content (AvgIpc) is 2.37. The van der Waals surface area contributed by atoms with Gasteiger partial charge in [-0.15, -0.1) is 0 Å². The number of nitriles is 1. The Hall–Kier alpha value is -1.61. The minimum Gasteiger partial charge on any atom is -0.377 e. The first-order valence-corrected chi connectivity index (χ1v) is 6.40. The summed E-state index contributed by atoms with van der Waals surface area (Å²) in [6, 6.07) is 1.31. The van der Waals surface area contributed by atoms with Crippen molar-refractivity contribution in [2.24, 2.45) is 5.41 Å². The Morgan fingerprint density at radius 3 is 2.63 bits per heavy atom. The maximum atomic E-state index is 12.3. The minimum atomic E-state index is -1.13. The van der Waals surface area contributed by atoms with Crippen molar-refractivity contribution in [3.05, 3.63) is 0 Å².